The molecule has 132 valence electrons. The number of likely N-dealkylation sites (tertiary alicyclic amines) is 1. The first-order chi connectivity index (χ1) is 11.6. The molecule has 1 N–H and O–H groups in total. The van der Waals surface area contributed by atoms with E-state index in [0.717, 1.165) is 69.0 Å². The molecule has 0 radical (unpaired) electrons. The molecule has 0 aromatic heterocycles. The van der Waals surface area contributed by atoms with Crippen molar-refractivity contribution in [3.8, 4) is 5.75 Å². The van der Waals surface area contributed by atoms with Crippen LogP contribution in [0.5, 0.6) is 5.75 Å². The van der Waals surface area contributed by atoms with E-state index in [2.05, 4.69) is 19.2 Å². The SMILES string of the molecule is CCCOc1ccc(CNC(=O)N2CC[C@]3(CCOC3)C2)c(C)c1. The minimum Gasteiger partial charge on any atom is -0.494 e. The molecule has 2 aliphatic heterocycles. The lowest BCUT2D eigenvalue weighted by atomic mass is 9.87. The van der Waals surface area contributed by atoms with Crippen LogP contribution in [0.1, 0.15) is 37.3 Å². The molecule has 0 aliphatic carbocycles. The molecule has 2 saturated heterocycles. The second-order valence-electron chi connectivity index (χ2n) is 7.07. The highest BCUT2D eigenvalue weighted by molar-refractivity contribution is 5.74. The molecule has 2 aliphatic rings. The van der Waals surface area contributed by atoms with Gasteiger partial charge in [0, 0.05) is 31.7 Å². The van der Waals surface area contributed by atoms with Gasteiger partial charge in [0.25, 0.3) is 0 Å². The van der Waals surface area contributed by atoms with Crippen molar-refractivity contribution in [1.29, 1.82) is 0 Å². The van der Waals surface area contributed by atoms with Crippen LogP contribution in [0, 0.1) is 12.3 Å². The molecular formula is C19H28N2O3. The molecule has 0 bridgehead atoms. The number of rotatable bonds is 5. The van der Waals surface area contributed by atoms with Crippen molar-refractivity contribution < 1.29 is 14.3 Å². The molecule has 2 amide bonds. The van der Waals surface area contributed by atoms with Gasteiger partial charge >= 0.3 is 6.03 Å². The quantitative estimate of drug-likeness (QED) is 0.901. The molecule has 0 unspecified atom stereocenters. The summed E-state index contributed by atoms with van der Waals surface area (Å²) in [5.41, 5.74) is 2.49. The number of carbonyl (C=O) groups excluding carboxylic acids is 1. The molecule has 2 heterocycles. The number of benzene rings is 1. The van der Waals surface area contributed by atoms with E-state index in [1.165, 1.54) is 0 Å². The Kier molecular flexibility index (Phi) is 5.29. The van der Waals surface area contributed by atoms with Gasteiger partial charge in [0.15, 0.2) is 0 Å². The molecule has 5 heteroatoms. The highest BCUT2D eigenvalue weighted by atomic mass is 16.5. The summed E-state index contributed by atoms with van der Waals surface area (Å²) in [5.74, 6) is 0.896. The topological polar surface area (TPSA) is 50.8 Å². The maximum atomic E-state index is 12.4. The third-order valence-electron chi connectivity index (χ3n) is 5.13. The van der Waals surface area contributed by atoms with Gasteiger partial charge in [0.2, 0.25) is 0 Å². The van der Waals surface area contributed by atoms with Crippen molar-refractivity contribution in [2.45, 2.75) is 39.7 Å². The largest absolute Gasteiger partial charge is 0.494 e. The minimum atomic E-state index is 0.0319. The molecule has 1 spiro atoms. The summed E-state index contributed by atoms with van der Waals surface area (Å²) in [6.07, 6.45) is 3.14. The number of hydrogen-bond acceptors (Lipinski definition) is 3. The van der Waals surface area contributed by atoms with Gasteiger partial charge < -0.3 is 19.7 Å². The zero-order chi connectivity index (χ0) is 17.0. The van der Waals surface area contributed by atoms with Crippen LogP contribution in [0.25, 0.3) is 0 Å². The van der Waals surface area contributed by atoms with Crippen LogP contribution < -0.4 is 10.1 Å². The third kappa shape index (κ3) is 3.83. The molecule has 1 aromatic carbocycles. The fraction of sp³-hybridized carbons (Fsp3) is 0.632. The Morgan fingerprint density at radius 3 is 3.00 bits per heavy atom. The molecule has 24 heavy (non-hydrogen) atoms. The summed E-state index contributed by atoms with van der Waals surface area (Å²) in [7, 11) is 0. The van der Waals surface area contributed by atoms with Crippen molar-refractivity contribution in [3.05, 3.63) is 29.3 Å². The van der Waals surface area contributed by atoms with E-state index in [-0.39, 0.29) is 11.4 Å². The van der Waals surface area contributed by atoms with Gasteiger partial charge in [-0.15, -0.1) is 0 Å². The Morgan fingerprint density at radius 1 is 1.42 bits per heavy atom. The average molecular weight is 332 g/mol. The van der Waals surface area contributed by atoms with Crippen LogP contribution >= 0.6 is 0 Å². The van der Waals surface area contributed by atoms with E-state index in [1.54, 1.807) is 0 Å². The highest BCUT2D eigenvalue weighted by Crippen LogP contribution is 2.38. The summed E-state index contributed by atoms with van der Waals surface area (Å²) in [6, 6.07) is 6.09. The summed E-state index contributed by atoms with van der Waals surface area (Å²) in [4.78, 5) is 14.4. The molecule has 0 saturated carbocycles. The van der Waals surface area contributed by atoms with Crippen molar-refractivity contribution in [1.82, 2.24) is 10.2 Å². The van der Waals surface area contributed by atoms with Gasteiger partial charge in [-0.25, -0.2) is 4.79 Å². The molecule has 5 nitrogen and oxygen atoms in total. The van der Waals surface area contributed by atoms with Crippen LogP contribution in [0.2, 0.25) is 0 Å². The van der Waals surface area contributed by atoms with E-state index < -0.39 is 0 Å². The lowest BCUT2D eigenvalue weighted by Gasteiger charge is -2.22. The first kappa shape index (κ1) is 17.1. The van der Waals surface area contributed by atoms with E-state index >= 15 is 0 Å². The summed E-state index contributed by atoms with van der Waals surface area (Å²) in [5, 5.41) is 3.06. The normalized spacial score (nSPS) is 23.0. The van der Waals surface area contributed by atoms with E-state index in [9.17, 15) is 4.79 Å². The van der Waals surface area contributed by atoms with Crippen molar-refractivity contribution >= 4 is 6.03 Å². The fourth-order valence-corrected chi connectivity index (χ4v) is 3.54. The highest BCUT2D eigenvalue weighted by Gasteiger charge is 2.42. The van der Waals surface area contributed by atoms with Crippen LogP contribution in [-0.2, 0) is 11.3 Å². The molecule has 2 fully saturated rings. The summed E-state index contributed by atoms with van der Waals surface area (Å²) < 4.78 is 11.2. The van der Waals surface area contributed by atoms with E-state index in [1.807, 2.05) is 23.1 Å². The summed E-state index contributed by atoms with van der Waals surface area (Å²) >= 11 is 0. The average Bonchev–Trinajstić information content (AvgIpc) is 3.22. The Hall–Kier alpha value is -1.75. The lowest BCUT2D eigenvalue weighted by Crippen LogP contribution is -2.39. The smallest absolute Gasteiger partial charge is 0.317 e. The van der Waals surface area contributed by atoms with Crippen molar-refractivity contribution in [3.63, 3.8) is 0 Å². The molecule has 1 atom stereocenters. The van der Waals surface area contributed by atoms with Gasteiger partial charge in [0.1, 0.15) is 5.75 Å². The predicted molar refractivity (Wildman–Crippen MR) is 93.3 cm³/mol. The predicted octanol–water partition coefficient (Wildman–Crippen LogP) is 3.11. The van der Waals surface area contributed by atoms with Gasteiger partial charge in [-0.2, -0.15) is 0 Å². The number of urea groups is 1. The molecule has 1 aromatic rings. The standard InChI is InChI=1S/C19H28N2O3/c1-3-9-24-17-5-4-16(15(2)11-17)12-20-18(22)21-8-6-19(13-21)7-10-23-14-19/h4-5,11H,3,6-10,12-14H2,1-2H3,(H,20,22)/t19-/m0/s1. The van der Waals surface area contributed by atoms with Gasteiger partial charge in [-0.1, -0.05) is 13.0 Å². The summed E-state index contributed by atoms with van der Waals surface area (Å²) in [6.45, 7) is 8.72. The van der Waals surface area contributed by atoms with Crippen LogP contribution in [0.3, 0.4) is 0 Å². The van der Waals surface area contributed by atoms with E-state index in [0.29, 0.717) is 6.54 Å². The maximum Gasteiger partial charge on any atom is 0.317 e. The second kappa shape index (κ2) is 7.43. The Labute approximate surface area is 144 Å². The van der Waals surface area contributed by atoms with Crippen LogP contribution in [-0.4, -0.2) is 43.8 Å². The van der Waals surface area contributed by atoms with Crippen molar-refractivity contribution in [2.75, 3.05) is 32.9 Å². The first-order valence-electron chi connectivity index (χ1n) is 8.95. The molecule has 3 rings (SSSR count). The van der Waals surface area contributed by atoms with Crippen LogP contribution in [0.4, 0.5) is 4.79 Å². The van der Waals surface area contributed by atoms with Gasteiger partial charge in [-0.05, 0) is 49.4 Å². The number of aryl methyl sites for hydroxylation is 1. The van der Waals surface area contributed by atoms with Gasteiger partial charge in [-0.3, -0.25) is 0 Å². The Morgan fingerprint density at radius 2 is 2.29 bits per heavy atom. The maximum absolute atomic E-state index is 12.4. The number of hydrogen-bond donors (Lipinski definition) is 1. The van der Waals surface area contributed by atoms with E-state index in [4.69, 9.17) is 9.47 Å². The monoisotopic (exact) mass is 332 g/mol. The first-order valence-corrected chi connectivity index (χ1v) is 8.95. The van der Waals surface area contributed by atoms with Crippen LogP contribution in [0.15, 0.2) is 18.2 Å². The number of ether oxygens (including phenoxy) is 2. The second-order valence-corrected chi connectivity index (χ2v) is 7.07. The minimum absolute atomic E-state index is 0.0319. The third-order valence-corrected chi connectivity index (χ3v) is 5.13. The zero-order valence-electron chi connectivity index (χ0n) is 14.8. The number of carbonyl (C=O) groups is 1. The zero-order valence-corrected chi connectivity index (χ0v) is 14.8. The Balaban J connectivity index is 1.51. The number of nitrogens with zero attached hydrogens (tertiary/aromatic N) is 1. The lowest BCUT2D eigenvalue weighted by molar-refractivity contribution is 0.152. The number of nitrogens with one attached hydrogen (secondary N) is 1. The van der Waals surface area contributed by atoms with Crippen molar-refractivity contribution in [2.24, 2.45) is 5.41 Å². The molecular weight excluding hydrogens is 304 g/mol. The fourth-order valence-electron chi connectivity index (χ4n) is 3.54. The Bertz CT molecular complexity index is 582. The number of amides is 2. The van der Waals surface area contributed by atoms with Gasteiger partial charge in [0.05, 0.1) is 13.2 Å².